The van der Waals surface area contributed by atoms with Crippen LogP contribution >= 0.6 is 0 Å². The Morgan fingerprint density at radius 3 is 2.37 bits per heavy atom. The Labute approximate surface area is 179 Å². The van der Waals surface area contributed by atoms with Crippen LogP contribution in [-0.2, 0) is 21.2 Å². The van der Waals surface area contributed by atoms with Crippen LogP contribution in [0.2, 0.25) is 0 Å². The molecule has 0 aliphatic carbocycles. The molecule has 162 valence electrons. The SMILES string of the molecule is Cc1cc(CN=C(NCC(=O)N(C)C)NC(C)c2ccccc2)ccc1S(C)(=O)=O. The highest BCUT2D eigenvalue weighted by Crippen LogP contribution is 2.17. The molecule has 2 N–H and O–H groups in total. The number of sulfone groups is 1. The van der Waals surface area contributed by atoms with E-state index < -0.39 is 9.84 Å². The van der Waals surface area contributed by atoms with E-state index in [1.54, 1.807) is 33.2 Å². The zero-order valence-corrected chi connectivity index (χ0v) is 19.0. The maximum atomic E-state index is 12.0. The van der Waals surface area contributed by atoms with Gasteiger partial charge in [0.25, 0.3) is 0 Å². The molecule has 2 aromatic rings. The summed E-state index contributed by atoms with van der Waals surface area (Å²) < 4.78 is 23.6. The van der Waals surface area contributed by atoms with Crippen molar-refractivity contribution in [2.45, 2.75) is 31.3 Å². The van der Waals surface area contributed by atoms with Gasteiger partial charge in [-0.15, -0.1) is 0 Å². The molecule has 30 heavy (non-hydrogen) atoms. The highest BCUT2D eigenvalue weighted by molar-refractivity contribution is 7.90. The van der Waals surface area contributed by atoms with E-state index in [1.165, 1.54) is 11.2 Å². The second kappa shape index (κ2) is 10.2. The lowest BCUT2D eigenvalue weighted by Gasteiger charge is -2.19. The van der Waals surface area contributed by atoms with E-state index >= 15 is 0 Å². The number of benzene rings is 2. The molecule has 8 heteroatoms. The van der Waals surface area contributed by atoms with Crippen molar-refractivity contribution in [2.75, 3.05) is 26.9 Å². The van der Waals surface area contributed by atoms with Crippen molar-refractivity contribution in [2.24, 2.45) is 4.99 Å². The van der Waals surface area contributed by atoms with E-state index in [-0.39, 0.29) is 18.5 Å². The number of hydrogen-bond donors (Lipinski definition) is 2. The summed E-state index contributed by atoms with van der Waals surface area (Å²) in [7, 11) is 0.146. The second-order valence-corrected chi connectivity index (χ2v) is 9.44. The summed E-state index contributed by atoms with van der Waals surface area (Å²) in [5.74, 6) is 0.441. The Morgan fingerprint density at radius 1 is 1.13 bits per heavy atom. The van der Waals surface area contributed by atoms with Crippen molar-refractivity contribution in [3.05, 3.63) is 65.2 Å². The first-order chi connectivity index (χ1) is 14.1. The molecular formula is C22H30N4O3S. The number of carbonyl (C=O) groups excluding carboxylic acids is 1. The first kappa shape index (κ1) is 23.4. The number of likely N-dealkylation sites (N-methyl/N-ethyl adjacent to an activating group) is 1. The summed E-state index contributed by atoms with van der Waals surface area (Å²) in [6, 6.07) is 15.1. The minimum absolute atomic E-state index is 0.0127. The molecule has 0 spiro atoms. The lowest BCUT2D eigenvalue weighted by Crippen LogP contribution is -2.43. The van der Waals surface area contributed by atoms with E-state index in [2.05, 4.69) is 15.6 Å². The fourth-order valence-electron chi connectivity index (χ4n) is 2.90. The van der Waals surface area contributed by atoms with Gasteiger partial charge in [0.05, 0.1) is 24.0 Å². The fourth-order valence-corrected chi connectivity index (χ4v) is 3.86. The molecule has 2 rings (SSSR count). The molecule has 2 aromatic carbocycles. The largest absolute Gasteiger partial charge is 0.350 e. The minimum atomic E-state index is -3.26. The van der Waals surface area contributed by atoms with Gasteiger partial charge in [0.15, 0.2) is 15.8 Å². The van der Waals surface area contributed by atoms with E-state index in [0.717, 1.165) is 11.1 Å². The number of nitrogens with one attached hydrogen (secondary N) is 2. The summed E-state index contributed by atoms with van der Waals surface area (Å²) in [4.78, 5) is 18.4. The number of aliphatic imine (C=N–C) groups is 1. The van der Waals surface area contributed by atoms with Crippen molar-refractivity contribution in [3.8, 4) is 0 Å². The molecule has 0 radical (unpaired) electrons. The molecule has 0 saturated carbocycles. The molecule has 7 nitrogen and oxygen atoms in total. The molecule has 1 atom stereocenters. The van der Waals surface area contributed by atoms with Crippen molar-refractivity contribution in [1.29, 1.82) is 0 Å². The Morgan fingerprint density at radius 2 is 1.80 bits per heavy atom. The van der Waals surface area contributed by atoms with Crippen molar-refractivity contribution >= 4 is 21.7 Å². The van der Waals surface area contributed by atoms with Gasteiger partial charge in [-0.25, -0.2) is 13.4 Å². The van der Waals surface area contributed by atoms with Gasteiger partial charge in [-0.1, -0.05) is 42.5 Å². The van der Waals surface area contributed by atoms with Crippen molar-refractivity contribution in [1.82, 2.24) is 15.5 Å². The first-order valence-corrected chi connectivity index (χ1v) is 11.6. The standard InChI is InChI=1S/C22H30N4O3S/c1-16-13-18(11-12-20(16)30(5,28)29)14-23-22(24-15-21(27)26(3)4)25-17(2)19-9-7-6-8-10-19/h6-13,17H,14-15H2,1-5H3,(H2,23,24,25). The number of rotatable bonds is 7. The van der Waals surface area contributed by atoms with Crippen LogP contribution in [0, 0.1) is 6.92 Å². The zero-order valence-electron chi connectivity index (χ0n) is 18.1. The van der Waals surface area contributed by atoms with Gasteiger partial charge in [0, 0.05) is 20.4 Å². The van der Waals surface area contributed by atoms with Crippen LogP contribution in [0.5, 0.6) is 0 Å². The van der Waals surface area contributed by atoms with Gasteiger partial charge in [0.2, 0.25) is 5.91 Å². The number of aryl methyl sites for hydroxylation is 1. The third-order valence-electron chi connectivity index (χ3n) is 4.62. The summed E-state index contributed by atoms with van der Waals surface area (Å²) >= 11 is 0. The van der Waals surface area contributed by atoms with E-state index in [0.29, 0.717) is 23.0 Å². The van der Waals surface area contributed by atoms with Gasteiger partial charge < -0.3 is 15.5 Å². The summed E-state index contributed by atoms with van der Waals surface area (Å²) in [5.41, 5.74) is 2.67. The molecule has 0 aromatic heterocycles. The van der Waals surface area contributed by atoms with Gasteiger partial charge in [0.1, 0.15) is 0 Å². The maximum absolute atomic E-state index is 12.0. The molecule has 0 heterocycles. The fraction of sp³-hybridized carbons (Fsp3) is 0.364. The predicted molar refractivity (Wildman–Crippen MR) is 120 cm³/mol. The predicted octanol–water partition coefficient (Wildman–Crippen LogP) is 2.28. The smallest absolute Gasteiger partial charge is 0.241 e. The van der Waals surface area contributed by atoms with Crippen molar-refractivity contribution < 1.29 is 13.2 Å². The third kappa shape index (κ3) is 6.88. The zero-order chi connectivity index (χ0) is 22.3. The lowest BCUT2D eigenvalue weighted by atomic mass is 10.1. The normalized spacial score (nSPS) is 12.9. The van der Waals surface area contributed by atoms with Crippen LogP contribution in [-0.4, -0.2) is 52.1 Å². The van der Waals surface area contributed by atoms with E-state index in [1.807, 2.05) is 43.3 Å². The molecule has 1 unspecified atom stereocenters. The number of carbonyl (C=O) groups is 1. The highest BCUT2D eigenvalue weighted by atomic mass is 32.2. The third-order valence-corrected chi connectivity index (χ3v) is 5.87. The topological polar surface area (TPSA) is 90.9 Å². The molecule has 0 fully saturated rings. The second-order valence-electron chi connectivity index (χ2n) is 7.46. The summed E-state index contributed by atoms with van der Waals surface area (Å²) in [6.45, 7) is 4.25. The Balaban J connectivity index is 2.19. The molecule has 0 bridgehead atoms. The Hall–Kier alpha value is -2.87. The number of amides is 1. The molecule has 0 aliphatic rings. The number of nitrogens with zero attached hydrogens (tertiary/aromatic N) is 2. The van der Waals surface area contributed by atoms with Crippen LogP contribution in [0.4, 0.5) is 0 Å². The van der Waals surface area contributed by atoms with Crippen LogP contribution in [0.3, 0.4) is 0 Å². The van der Waals surface area contributed by atoms with Gasteiger partial charge in [-0.3, -0.25) is 4.79 Å². The number of hydrogen-bond acceptors (Lipinski definition) is 4. The van der Waals surface area contributed by atoms with Crippen LogP contribution in [0.25, 0.3) is 0 Å². The van der Waals surface area contributed by atoms with Gasteiger partial charge in [-0.05, 0) is 36.6 Å². The van der Waals surface area contributed by atoms with Crippen LogP contribution in [0.1, 0.15) is 29.7 Å². The Kier molecular flexibility index (Phi) is 8.00. The minimum Gasteiger partial charge on any atom is -0.350 e. The average Bonchev–Trinajstić information content (AvgIpc) is 2.69. The Bertz CT molecular complexity index is 1000. The highest BCUT2D eigenvalue weighted by Gasteiger charge is 2.12. The lowest BCUT2D eigenvalue weighted by molar-refractivity contribution is -0.127. The molecule has 0 saturated heterocycles. The molecule has 0 aliphatic heterocycles. The quantitative estimate of drug-likeness (QED) is 0.520. The van der Waals surface area contributed by atoms with Gasteiger partial charge >= 0.3 is 0 Å². The monoisotopic (exact) mass is 430 g/mol. The summed E-state index contributed by atoms with van der Waals surface area (Å²) in [6.07, 6.45) is 1.20. The van der Waals surface area contributed by atoms with Crippen LogP contribution < -0.4 is 10.6 Å². The van der Waals surface area contributed by atoms with Crippen LogP contribution in [0.15, 0.2) is 58.4 Å². The molecular weight excluding hydrogens is 400 g/mol. The summed E-state index contributed by atoms with van der Waals surface area (Å²) in [5, 5.41) is 6.39. The van der Waals surface area contributed by atoms with Gasteiger partial charge in [-0.2, -0.15) is 0 Å². The first-order valence-electron chi connectivity index (χ1n) is 9.67. The molecule has 1 amide bonds. The maximum Gasteiger partial charge on any atom is 0.241 e. The van der Waals surface area contributed by atoms with E-state index in [4.69, 9.17) is 0 Å². The van der Waals surface area contributed by atoms with E-state index in [9.17, 15) is 13.2 Å². The number of guanidine groups is 1. The average molecular weight is 431 g/mol. The van der Waals surface area contributed by atoms with Crippen molar-refractivity contribution in [3.63, 3.8) is 0 Å².